The highest BCUT2D eigenvalue weighted by Gasteiger charge is 2.19. The Bertz CT molecular complexity index is 725. The minimum atomic E-state index is -0.0840. The standard InChI is InChI=1S/C21H24N2O2/c1-16(17-7-3-2-4-8-17)15-22-21(25)18-10-12-19(13-11-18)23-14-6-5-9-20(23)24/h2-4,7-8,10-13,16H,5-6,9,14-15H2,1H3,(H,22,25). The van der Waals surface area contributed by atoms with Crippen LogP contribution in [0.3, 0.4) is 0 Å². The van der Waals surface area contributed by atoms with Gasteiger partial charge in [0.05, 0.1) is 0 Å². The van der Waals surface area contributed by atoms with Crippen molar-refractivity contribution >= 4 is 17.5 Å². The van der Waals surface area contributed by atoms with E-state index in [0.29, 0.717) is 18.5 Å². The topological polar surface area (TPSA) is 49.4 Å². The molecule has 1 aliphatic heterocycles. The molecule has 0 aliphatic carbocycles. The van der Waals surface area contributed by atoms with Crippen LogP contribution in [0.15, 0.2) is 54.6 Å². The van der Waals surface area contributed by atoms with E-state index >= 15 is 0 Å². The molecule has 4 heteroatoms. The highest BCUT2D eigenvalue weighted by molar-refractivity contribution is 5.96. The van der Waals surface area contributed by atoms with Crippen LogP contribution in [0.5, 0.6) is 0 Å². The summed E-state index contributed by atoms with van der Waals surface area (Å²) in [5.41, 5.74) is 2.70. The molecule has 130 valence electrons. The molecule has 0 radical (unpaired) electrons. The normalized spacial score (nSPS) is 15.7. The van der Waals surface area contributed by atoms with Crippen molar-refractivity contribution in [2.45, 2.75) is 32.1 Å². The van der Waals surface area contributed by atoms with Crippen LogP contribution >= 0.6 is 0 Å². The zero-order chi connectivity index (χ0) is 17.6. The molecule has 2 amide bonds. The summed E-state index contributed by atoms with van der Waals surface area (Å²) in [5.74, 6) is 0.342. The van der Waals surface area contributed by atoms with Crippen molar-refractivity contribution in [2.75, 3.05) is 18.0 Å². The van der Waals surface area contributed by atoms with Crippen molar-refractivity contribution in [1.29, 1.82) is 0 Å². The lowest BCUT2D eigenvalue weighted by Crippen LogP contribution is -2.35. The van der Waals surface area contributed by atoms with Crippen molar-refractivity contribution in [3.63, 3.8) is 0 Å². The monoisotopic (exact) mass is 336 g/mol. The summed E-state index contributed by atoms with van der Waals surface area (Å²) in [7, 11) is 0. The summed E-state index contributed by atoms with van der Waals surface area (Å²) in [6.45, 7) is 3.45. The van der Waals surface area contributed by atoms with E-state index in [9.17, 15) is 9.59 Å². The van der Waals surface area contributed by atoms with Gasteiger partial charge >= 0.3 is 0 Å². The fraction of sp³-hybridized carbons (Fsp3) is 0.333. The number of nitrogens with one attached hydrogen (secondary N) is 1. The average Bonchev–Trinajstić information content (AvgIpc) is 2.67. The zero-order valence-electron chi connectivity index (χ0n) is 14.6. The summed E-state index contributed by atoms with van der Waals surface area (Å²) in [4.78, 5) is 26.1. The first-order valence-electron chi connectivity index (χ1n) is 8.89. The van der Waals surface area contributed by atoms with Gasteiger partial charge in [0.1, 0.15) is 0 Å². The van der Waals surface area contributed by atoms with E-state index in [2.05, 4.69) is 24.4 Å². The summed E-state index contributed by atoms with van der Waals surface area (Å²) in [5, 5.41) is 2.99. The lowest BCUT2D eigenvalue weighted by Gasteiger charge is -2.26. The minimum absolute atomic E-state index is 0.0840. The number of anilines is 1. The van der Waals surface area contributed by atoms with Crippen molar-refractivity contribution in [3.05, 3.63) is 65.7 Å². The van der Waals surface area contributed by atoms with Crippen LogP contribution in [0.2, 0.25) is 0 Å². The van der Waals surface area contributed by atoms with Gasteiger partial charge in [-0.3, -0.25) is 9.59 Å². The first-order valence-corrected chi connectivity index (χ1v) is 8.89. The molecule has 4 nitrogen and oxygen atoms in total. The molecule has 1 N–H and O–H groups in total. The number of nitrogens with zero attached hydrogens (tertiary/aromatic N) is 1. The van der Waals surface area contributed by atoms with Crippen LogP contribution in [0.4, 0.5) is 5.69 Å². The largest absolute Gasteiger partial charge is 0.351 e. The SMILES string of the molecule is CC(CNC(=O)c1ccc(N2CCCCC2=O)cc1)c1ccccc1. The Morgan fingerprint density at radius 1 is 1.08 bits per heavy atom. The van der Waals surface area contributed by atoms with E-state index in [4.69, 9.17) is 0 Å². The molecule has 1 aliphatic rings. The van der Waals surface area contributed by atoms with E-state index in [1.54, 1.807) is 12.1 Å². The third-order valence-corrected chi connectivity index (χ3v) is 4.70. The summed E-state index contributed by atoms with van der Waals surface area (Å²) in [6.07, 6.45) is 2.61. The van der Waals surface area contributed by atoms with E-state index in [-0.39, 0.29) is 17.7 Å². The third-order valence-electron chi connectivity index (χ3n) is 4.70. The lowest BCUT2D eigenvalue weighted by atomic mass is 10.0. The highest BCUT2D eigenvalue weighted by atomic mass is 16.2. The van der Waals surface area contributed by atoms with Gasteiger partial charge < -0.3 is 10.2 Å². The summed E-state index contributed by atoms with van der Waals surface area (Å²) >= 11 is 0. The van der Waals surface area contributed by atoms with Gasteiger partial charge in [0.25, 0.3) is 5.91 Å². The van der Waals surface area contributed by atoms with Crippen LogP contribution in [0.25, 0.3) is 0 Å². The Kier molecular flexibility index (Phi) is 5.49. The number of carbonyl (C=O) groups is 2. The van der Waals surface area contributed by atoms with Crippen LogP contribution < -0.4 is 10.2 Å². The number of benzene rings is 2. The maximum atomic E-state index is 12.3. The number of hydrogen-bond donors (Lipinski definition) is 1. The highest BCUT2D eigenvalue weighted by Crippen LogP contribution is 2.21. The van der Waals surface area contributed by atoms with E-state index in [1.165, 1.54) is 5.56 Å². The van der Waals surface area contributed by atoms with E-state index in [0.717, 1.165) is 25.1 Å². The fourth-order valence-corrected chi connectivity index (χ4v) is 3.12. The van der Waals surface area contributed by atoms with Crippen molar-refractivity contribution in [1.82, 2.24) is 5.32 Å². The van der Waals surface area contributed by atoms with Crippen LogP contribution in [-0.4, -0.2) is 24.9 Å². The van der Waals surface area contributed by atoms with Crippen LogP contribution in [0.1, 0.15) is 48.0 Å². The van der Waals surface area contributed by atoms with Gasteiger partial charge in [0.15, 0.2) is 0 Å². The molecule has 0 spiro atoms. The second-order valence-electron chi connectivity index (χ2n) is 6.57. The average molecular weight is 336 g/mol. The molecule has 2 aromatic carbocycles. The van der Waals surface area contributed by atoms with Gasteiger partial charge in [0.2, 0.25) is 5.91 Å². The first-order chi connectivity index (χ1) is 12.1. The zero-order valence-corrected chi connectivity index (χ0v) is 14.6. The quantitative estimate of drug-likeness (QED) is 0.904. The summed E-state index contributed by atoms with van der Waals surface area (Å²) < 4.78 is 0. The second-order valence-corrected chi connectivity index (χ2v) is 6.57. The number of hydrogen-bond acceptors (Lipinski definition) is 2. The smallest absolute Gasteiger partial charge is 0.251 e. The van der Waals surface area contributed by atoms with Gasteiger partial charge in [0, 0.05) is 30.8 Å². The van der Waals surface area contributed by atoms with Crippen molar-refractivity contribution in [3.8, 4) is 0 Å². The molecular formula is C21H24N2O2. The maximum absolute atomic E-state index is 12.3. The third kappa shape index (κ3) is 4.27. The van der Waals surface area contributed by atoms with E-state index in [1.807, 2.05) is 35.2 Å². The van der Waals surface area contributed by atoms with Crippen LogP contribution in [0, 0.1) is 0 Å². The molecule has 25 heavy (non-hydrogen) atoms. The number of piperidine rings is 1. The molecule has 0 aromatic heterocycles. The van der Waals surface area contributed by atoms with Gasteiger partial charge in [-0.25, -0.2) is 0 Å². The molecule has 3 rings (SSSR count). The Balaban J connectivity index is 1.58. The van der Waals surface area contributed by atoms with Gasteiger partial charge in [-0.15, -0.1) is 0 Å². The van der Waals surface area contributed by atoms with Crippen molar-refractivity contribution < 1.29 is 9.59 Å². The Hall–Kier alpha value is -2.62. The predicted octanol–water partition coefficient (Wildman–Crippen LogP) is 3.74. The maximum Gasteiger partial charge on any atom is 0.251 e. The van der Waals surface area contributed by atoms with Crippen molar-refractivity contribution in [2.24, 2.45) is 0 Å². The summed E-state index contributed by atoms with van der Waals surface area (Å²) in [6, 6.07) is 17.4. The predicted molar refractivity (Wildman–Crippen MR) is 99.8 cm³/mol. The van der Waals surface area contributed by atoms with Crippen LogP contribution in [-0.2, 0) is 4.79 Å². The number of carbonyl (C=O) groups excluding carboxylic acids is 2. The molecule has 0 saturated carbocycles. The Morgan fingerprint density at radius 2 is 1.80 bits per heavy atom. The molecular weight excluding hydrogens is 312 g/mol. The molecule has 0 bridgehead atoms. The first kappa shape index (κ1) is 17.2. The molecule has 1 unspecified atom stereocenters. The van der Waals surface area contributed by atoms with Gasteiger partial charge in [-0.1, -0.05) is 37.3 Å². The molecule has 1 fully saturated rings. The van der Waals surface area contributed by atoms with Gasteiger partial charge in [-0.05, 0) is 48.6 Å². The molecule has 1 atom stereocenters. The van der Waals surface area contributed by atoms with E-state index < -0.39 is 0 Å². The molecule has 1 heterocycles. The lowest BCUT2D eigenvalue weighted by molar-refractivity contribution is -0.119. The number of rotatable bonds is 5. The minimum Gasteiger partial charge on any atom is -0.351 e. The molecule has 2 aromatic rings. The second kappa shape index (κ2) is 7.97. The Labute approximate surface area is 148 Å². The number of amides is 2. The fourth-order valence-electron chi connectivity index (χ4n) is 3.12. The van der Waals surface area contributed by atoms with Gasteiger partial charge in [-0.2, -0.15) is 0 Å². The Morgan fingerprint density at radius 3 is 2.48 bits per heavy atom. The molecule has 1 saturated heterocycles.